The number of fused-ring (bicyclic) bond motifs is 1. The molecule has 1 aromatic carbocycles. The number of hydrogen-bond donors (Lipinski definition) is 0. The van der Waals surface area contributed by atoms with Crippen LogP contribution in [-0.2, 0) is 0 Å². The zero-order valence-electron chi connectivity index (χ0n) is 14.4. The van der Waals surface area contributed by atoms with Crippen LogP contribution in [0.5, 0.6) is 5.88 Å². The predicted octanol–water partition coefficient (Wildman–Crippen LogP) is 3.93. The van der Waals surface area contributed by atoms with Crippen molar-refractivity contribution in [2.75, 3.05) is 26.7 Å². The van der Waals surface area contributed by atoms with Gasteiger partial charge in [-0.25, -0.2) is 14.8 Å². The number of halogens is 1. The molecule has 1 aliphatic heterocycles. The predicted molar refractivity (Wildman–Crippen MR) is 101 cm³/mol. The summed E-state index contributed by atoms with van der Waals surface area (Å²) in [7, 11) is 2.12. The Bertz CT molecular complexity index is 976. The second-order valence-corrected chi connectivity index (χ2v) is 6.92. The second-order valence-electron chi connectivity index (χ2n) is 6.56. The highest BCUT2D eigenvalue weighted by molar-refractivity contribution is 6.32. The van der Waals surface area contributed by atoms with E-state index in [1.165, 1.54) is 0 Å². The molecule has 0 bridgehead atoms. The average Bonchev–Trinajstić information content (AvgIpc) is 3.31. The molecule has 3 aromatic rings. The van der Waals surface area contributed by atoms with E-state index in [9.17, 15) is 0 Å². The highest BCUT2D eigenvalue weighted by Gasteiger charge is 2.22. The van der Waals surface area contributed by atoms with Crippen LogP contribution in [0.2, 0.25) is 5.15 Å². The molecule has 4 rings (SSSR count). The average molecular weight is 368 g/mol. The van der Waals surface area contributed by atoms with E-state index in [1.54, 1.807) is 28.9 Å². The van der Waals surface area contributed by atoms with Crippen LogP contribution in [0.3, 0.4) is 0 Å². The van der Waals surface area contributed by atoms with Crippen molar-refractivity contribution in [3.63, 3.8) is 0 Å². The quantitative estimate of drug-likeness (QED) is 0.655. The van der Waals surface area contributed by atoms with Crippen molar-refractivity contribution in [2.45, 2.75) is 6.42 Å². The number of hydrogen-bond acceptors (Lipinski definition) is 4. The van der Waals surface area contributed by atoms with E-state index in [4.69, 9.17) is 22.9 Å². The fourth-order valence-corrected chi connectivity index (χ4v) is 3.55. The Labute approximate surface area is 156 Å². The summed E-state index contributed by atoms with van der Waals surface area (Å²) >= 11 is 6.55. The summed E-state index contributed by atoms with van der Waals surface area (Å²) < 4.78 is 7.82. The lowest BCUT2D eigenvalue weighted by molar-refractivity contribution is 0.242. The Morgan fingerprint density at radius 3 is 2.85 bits per heavy atom. The molecule has 0 radical (unpaired) electrons. The third-order valence-corrected chi connectivity index (χ3v) is 5.03. The number of nitrogens with zero attached hydrogens (tertiary/aromatic N) is 5. The molecule has 0 unspecified atom stereocenters. The van der Waals surface area contributed by atoms with Gasteiger partial charge in [-0.05, 0) is 20.0 Å². The van der Waals surface area contributed by atoms with Crippen molar-refractivity contribution in [1.82, 2.24) is 19.3 Å². The number of benzene rings is 1. The summed E-state index contributed by atoms with van der Waals surface area (Å²) in [5.41, 5.74) is 2.65. The highest BCUT2D eigenvalue weighted by Crippen LogP contribution is 2.32. The first-order chi connectivity index (χ1) is 12.7. The van der Waals surface area contributed by atoms with Crippen LogP contribution in [0.1, 0.15) is 6.42 Å². The summed E-state index contributed by atoms with van der Waals surface area (Å²) in [4.78, 5) is 14.7. The van der Waals surface area contributed by atoms with Gasteiger partial charge in [0.1, 0.15) is 10.8 Å². The van der Waals surface area contributed by atoms with Crippen molar-refractivity contribution in [3.05, 3.63) is 53.2 Å². The van der Waals surface area contributed by atoms with Gasteiger partial charge in [0.25, 0.3) is 5.88 Å². The fourth-order valence-electron chi connectivity index (χ4n) is 3.27. The molecule has 1 saturated heterocycles. The Kier molecular flexibility index (Phi) is 4.49. The standard InChI is InChI=1S/C19H18ClN5O/c1-21-15-5-3-14(4-6-15)16-17(20)25-10-8-22-18(25)19(23-16)26-12-13-7-9-24(2)11-13/h3-6,8,10,13H,7,9,11-12H2,2H3/t13-/m1/s1. The van der Waals surface area contributed by atoms with Crippen LogP contribution in [0.25, 0.3) is 21.7 Å². The van der Waals surface area contributed by atoms with Crippen molar-refractivity contribution >= 4 is 22.9 Å². The topological polar surface area (TPSA) is 47.0 Å². The Hall–Kier alpha value is -2.62. The van der Waals surface area contributed by atoms with Gasteiger partial charge in [0.2, 0.25) is 5.65 Å². The van der Waals surface area contributed by atoms with Crippen molar-refractivity contribution in [1.29, 1.82) is 0 Å². The molecule has 132 valence electrons. The van der Waals surface area contributed by atoms with Crippen LogP contribution in [0.15, 0.2) is 36.7 Å². The van der Waals surface area contributed by atoms with E-state index < -0.39 is 0 Å². The third-order valence-electron chi connectivity index (χ3n) is 4.67. The van der Waals surface area contributed by atoms with Gasteiger partial charge < -0.3 is 9.64 Å². The Morgan fingerprint density at radius 1 is 1.35 bits per heavy atom. The van der Waals surface area contributed by atoms with Crippen LogP contribution in [0.4, 0.5) is 5.69 Å². The molecule has 0 amide bonds. The molecule has 3 heterocycles. The lowest BCUT2D eigenvalue weighted by atomic mass is 10.1. The van der Waals surface area contributed by atoms with Gasteiger partial charge in [-0.2, -0.15) is 0 Å². The smallest absolute Gasteiger partial charge is 0.259 e. The number of likely N-dealkylation sites (tertiary alicyclic amines) is 1. The monoisotopic (exact) mass is 367 g/mol. The number of aromatic nitrogens is 3. The molecular weight excluding hydrogens is 350 g/mol. The Morgan fingerprint density at radius 2 is 2.15 bits per heavy atom. The maximum Gasteiger partial charge on any atom is 0.259 e. The van der Waals surface area contributed by atoms with Crippen molar-refractivity contribution < 1.29 is 4.74 Å². The van der Waals surface area contributed by atoms with E-state index >= 15 is 0 Å². The minimum atomic E-state index is 0.473. The van der Waals surface area contributed by atoms with Gasteiger partial charge in [-0.15, -0.1) is 0 Å². The van der Waals surface area contributed by atoms with Crippen LogP contribution >= 0.6 is 11.6 Å². The largest absolute Gasteiger partial charge is 0.475 e. The molecule has 0 aliphatic carbocycles. The maximum absolute atomic E-state index is 7.08. The molecule has 1 aliphatic rings. The molecule has 2 aromatic heterocycles. The zero-order chi connectivity index (χ0) is 18.1. The molecule has 1 fully saturated rings. The van der Waals surface area contributed by atoms with Crippen molar-refractivity contribution in [3.8, 4) is 17.1 Å². The molecule has 0 N–H and O–H groups in total. The van der Waals surface area contributed by atoms with Crippen molar-refractivity contribution in [2.24, 2.45) is 5.92 Å². The van der Waals surface area contributed by atoms with E-state index in [0.29, 0.717) is 40.6 Å². The van der Waals surface area contributed by atoms with Crippen LogP contribution in [0, 0.1) is 12.5 Å². The number of rotatable bonds is 4. The molecule has 0 spiro atoms. The third kappa shape index (κ3) is 3.12. The minimum absolute atomic E-state index is 0.473. The summed E-state index contributed by atoms with van der Waals surface area (Å²) in [6.07, 6.45) is 4.61. The molecule has 6 nitrogen and oxygen atoms in total. The Balaban J connectivity index is 1.69. The molecule has 1 atom stereocenters. The van der Waals surface area contributed by atoms with Gasteiger partial charge in [0.15, 0.2) is 5.69 Å². The van der Waals surface area contributed by atoms with E-state index in [1.807, 2.05) is 12.1 Å². The van der Waals surface area contributed by atoms with E-state index in [0.717, 1.165) is 25.1 Å². The molecule has 0 saturated carbocycles. The maximum atomic E-state index is 7.08. The fraction of sp³-hybridized carbons (Fsp3) is 0.316. The van der Waals surface area contributed by atoms with Gasteiger partial charge in [-0.1, -0.05) is 35.9 Å². The minimum Gasteiger partial charge on any atom is -0.475 e. The second kappa shape index (κ2) is 6.94. The van der Waals surface area contributed by atoms with Gasteiger partial charge >= 0.3 is 0 Å². The first-order valence-corrected chi connectivity index (χ1v) is 8.85. The molecule has 26 heavy (non-hydrogen) atoms. The van der Waals surface area contributed by atoms with Gasteiger partial charge in [-0.3, -0.25) is 4.40 Å². The normalized spacial score (nSPS) is 17.5. The van der Waals surface area contributed by atoms with Gasteiger partial charge in [0.05, 0.1) is 13.2 Å². The summed E-state index contributed by atoms with van der Waals surface area (Å²) in [6.45, 7) is 9.82. The van der Waals surface area contributed by atoms with Crippen LogP contribution in [-0.4, -0.2) is 46.0 Å². The molecule has 7 heteroatoms. The SMILES string of the molecule is [C-]#[N+]c1ccc(-c2nc(OC[C@@H]3CCN(C)C3)c3nccn3c2Cl)cc1. The summed E-state index contributed by atoms with van der Waals surface area (Å²) in [5.74, 6) is 0.979. The van der Waals surface area contributed by atoms with E-state index in [-0.39, 0.29) is 0 Å². The highest BCUT2D eigenvalue weighted by atomic mass is 35.5. The zero-order valence-corrected chi connectivity index (χ0v) is 15.1. The summed E-state index contributed by atoms with van der Waals surface area (Å²) in [5, 5.41) is 0.473. The lowest BCUT2D eigenvalue weighted by Crippen LogP contribution is -2.18. The first-order valence-electron chi connectivity index (χ1n) is 8.47. The lowest BCUT2D eigenvalue weighted by Gasteiger charge is -2.14. The van der Waals surface area contributed by atoms with E-state index in [2.05, 4.69) is 26.8 Å². The van der Waals surface area contributed by atoms with Crippen LogP contribution < -0.4 is 4.74 Å². The number of ether oxygens (including phenoxy) is 1. The summed E-state index contributed by atoms with van der Waals surface area (Å²) in [6, 6.07) is 7.21. The first kappa shape index (κ1) is 16.8. The number of imidazole rings is 1. The van der Waals surface area contributed by atoms with Gasteiger partial charge in [0, 0.05) is 30.4 Å². The molecular formula is C19H18ClN5O.